The summed E-state index contributed by atoms with van der Waals surface area (Å²) in [4.78, 5) is 34.7. The van der Waals surface area contributed by atoms with Gasteiger partial charge in [0, 0.05) is 36.7 Å². The first kappa shape index (κ1) is 28.9. The van der Waals surface area contributed by atoms with Gasteiger partial charge >= 0.3 is 6.36 Å². The predicted molar refractivity (Wildman–Crippen MR) is 147 cm³/mol. The third kappa shape index (κ3) is 7.09. The number of rotatable bonds is 6. The van der Waals surface area contributed by atoms with E-state index in [9.17, 15) is 22.8 Å². The number of pyridine rings is 1. The Morgan fingerprint density at radius 2 is 1.93 bits per heavy atom. The fourth-order valence-corrected chi connectivity index (χ4v) is 4.97. The van der Waals surface area contributed by atoms with Crippen molar-refractivity contribution in [3.8, 4) is 17.0 Å². The van der Waals surface area contributed by atoms with Crippen molar-refractivity contribution in [3.63, 3.8) is 0 Å². The highest BCUT2D eigenvalue weighted by molar-refractivity contribution is 6.33. The van der Waals surface area contributed by atoms with Crippen LogP contribution in [-0.4, -0.2) is 41.6 Å². The Balaban J connectivity index is 1.46. The van der Waals surface area contributed by atoms with E-state index in [1.54, 1.807) is 6.07 Å². The van der Waals surface area contributed by atoms with Gasteiger partial charge in [0.15, 0.2) is 0 Å². The lowest BCUT2D eigenvalue weighted by Gasteiger charge is -2.38. The number of piperidine rings is 1. The lowest BCUT2D eigenvalue weighted by atomic mass is 9.90. The molecule has 2 aromatic carbocycles. The maximum absolute atomic E-state index is 12.9. The van der Waals surface area contributed by atoms with Crippen LogP contribution >= 0.6 is 11.6 Å². The number of amidine groups is 1. The summed E-state index contributed by atoms with van der Waals surface area (Å²) >= 11 is 6.44. The van der Waals surface area contributed by atoms with Crippen LogP contribution in [0.1, 0.15) is 32.3 Å². The first-order chi connectivity index (χ1) is 18.9. The molecule has 4 rings (SSSR count). The number of nitrogens with zero attached hydrogens (tertiary/aromatic N) is 3. The Hall–Kier alpha value is -4.12. The van der Waals surface area contributed by atoms with Crippen LogP contribution in [0.2, 0.25) is 5.02 Å². The summed E-state index contributed by atoms with van der Waals surface area (Å²) in [6, 6.07) is 14.6. The fraction of sp³-hybridized carbons (Fsp3) is 0.286. The molecule has 40 heavy (non-hydrogen) atoms. The van der Waals surface area contributed by atoms with E-state index in [0.717, 1.165) is 17.3 Å². The van der Waals surface area contributed by atoms with E-state index < -0.39 is 23.9 Å². The van der Waals surface area contributed by atoms with Gasteiger partial charge in [-0.2, -0.15) is 4.99 Å². The number of anilines is 2. The molecule has 0 radical (unpaired) electrons. The molecule has 0 aliphatic carbocycles. The van der Waals surface area contributed by atoms with E-state index in [-0.39, 0.29) is 23.3 Å². The summed E-state index contributed by atoms with van der Waals surface area (Å²) in [5.74, 6) is -2.01. The van der Waals surface area contributed by atoms with E-state index >= 15 is 0 Å². The number of nitrogens with two attached hydrogens (primary N) is 1. The van der Waals surface area contributed by atoms with E-state index in [1.807, 2.05) is 31.2 Å². The van der Waals surface area contributed by atoms with Crippen molar-refractivity contribution in [2.24, 2.45) is 16.6 Å². The summed E-state index contributed by atoms with van der Waals surface area (Å²) in [6.45, 7) is 3.93. The van der Waals surface area contributed by atoms with Gasteiger partial charge in [-0.25, -0.2) is 0 Å². The van der Waals surface area contributed by atoms with Gasteiger partial charge in [0.25, 0.3) is 5.91 Å². The van der Waals surface area contributed by atoms with E-state index in [2.05, 4.69) is 24.9 Å². The van der Waals surface area contributed by atoms with Gasteiger partial charge in [0.1, 0.15) is 11.6 Å². The molecule has 1 aliphatic rings. The van der Waals surface area contributed by atoms with E-state index in [1.165, 1.54) is 31.3 Å². The Kier molecular flexibility index (Phi) is 8.63. The zero-order chi connectivity index (χ0) is 29.0. The number of carbonyl (C=O) groups excluding carboxylic acids is 2. The highest BCUT2D eigenvalue weighted by Crippen LogP contribution is 2.34. The number of carbonyl (C=O) groups is 2. The number of ether oxygens (including phenoxy) is 1. The minimum absolute atomic E-state index is 0.0409. The summed E-state index contributed by atoms with van der Waals surface area (Å²) in [5.41, 5.74) is 8.59. The van der Waals surface area contributed by atoms with Crippen molar-refractivity contribution in [1.82, 2.24) is 4.98 Å². The van der Waals surface area contributed by atoms with Crippen LogP contribution in [0.4, 0.5) is 24.5 Å². The molecule has 210 valence electrons. The van der Waals surface area contributed by atoms with Gasteiger partial charge < -0.3 is 20.7 Å². The molecule has 12 heteroatoms. The molecule has 3 aromatic rings. The third-order valence-corrected chi connectivity index (χ3v) is 6.75. The second-order valence-electron chi connectivity index (χ2n) is 9.43. The molecule has 8 nitrogen and oxygen atoms in total. The van der Waals surface area contributed by atoms with Gasteiger partial charge in [-0.05, 0) is 50.1 Å². The minimum atomic E-state index is -4.91. The number of para-hydroxylation sites is 1. The molecular weight excluding hydrogens is 547 g/mol. The molecule has 2 unspecified atom stereocenters. The molecule has 3 N–H and O–H groups in total. The van der Waals surface area contributed by atoms with Gasteiger partial charge in [0.05, 0.1) is 28.2 Å². The lowest BCUT2D eigenvalue weighted by molar-refractivity contribution is -0.274. The number of aromatic nitrogens is 1. The Bertz CT molecular complexity index is 1450. The maximum atomic E-state index is 12.9. The zero-order valence-corrected chi connectivity index (χ0v) is 22.5. The number of benzene rings is 2. The highest BCUT2D eigenvalue weighted by Gasteiger charge is 2.33. The molecule has 0 saturated carbocycles. The van der Waals surface area contributed by atoms with Crippen molar-refractivity contribution in [3.05, 3.63) is 71.4 Å². The topological polar surface area (TPSA) is 110 Å². The van der Waals surface area contributed by atoms with Crippen LogP contribution in [0.5, 0.6) is 5.75 Å². The first-order valence-corrected chi connectivity index (χ1v) is 12.8. The largest absolute Gasteiger partial charge is 0.573 e. The van der Waals surface area contributed by atoms with Crippen molar-refractivity contribution in [1.29, 1.82) is 0 Å². The van der Waals surface area contributed by atoms with E-state index in [0.29, 0.717) is 35.8 Å². The number of hydrogen-bond donors (Lipinski definition) is 2. The molecule has 2 amide bonds. The molecule has 1 fully saturated rings. The van der Waals surface area contributed by atoms with Crippen LogP contribution in [0, 0.1) is 5.92 Å². The molecule has 2 atom stereocenters. The Labute approximate surface area is 234 Å². The summed E-state index contributed by atoms with van der Waals surface area (Å²) in [6.07, 6.45) is -2.41. The van der Waals surface area contributed by atoms with E-state index in [4.69, 9.17) is 17.3 Å². The fourth-order valence-electron chi connectivity index (χ4n) is 4.70. The standard InChI is InChI=1S/C28H27ClF3N5O3/c1-16-12-19(27(39)36-26(33)22-8-3-4-9-24(22)40-28(30,31)32)10-11-37(16)21-7-5-6-18(13-21)25-23(29)14-20(15-34-25)35-17(2)38/h3-9,13-16,19H,10-12H2,1-2H3,(H,35,38)(H2,33,36,39). The molecule has 0 bridgehead atoms. The van der Waals surface area contributed by atoms with Gasteiger partial charge in [0.2, 0.25) is 5.91 Å². The molecule has 0 spiro atoms. The van der Waals surface area contributed by atoms with Gasteiger partial charge in [-0.1, -0.05) is 35.9 Å². The maximum Gasteiger partial charge on any atom is 0.573 e. The monoisotopic (exact) mass is 573 g/mol. The van der Waals surface area contributed by atoms with Crippen LogP contribution in [0.15, 0.2) is 65.8 Å². The van der Waals surface area contributed by atoms with Gasteiger partial charge in [-0.3, -0.25) is 14.6 Å². The zero-order valence-electron chi connectivity index (χ0n) is 21.7. The highest BCUT2D eigenvalue weighted by atomic mass is 35.5. The lowest BCUT2D eigenvalue weighted by Crippen LogP contribution is -2.42. The minimum Gasteiger partial charge on any atom is -0.405 e. The number of amides is 2. The molecule has 1 aromatic heterocycles. The second kappa shape index (κ2) is 12.0. The molecular formula is C28H27ClF3N5O3. The second-order valence-corrected chi connectivity index (χ2v) is 9.84. The van der Waals surface area contributed by atoms with Crippen molar-refractivity contribution >= 4 is 40.6 Å². The Morgan fingerprint density at radius 1 is 1.18 bits per heavy atom. The normalized spacial score (nSPS) is 17.9. The number of alkyl halides is 3. The molecule has 1 aliphatic heterocycles. The smallest absolute Gasteiger partial charge is 0.405 e. The quantitative estimate of drug-likeness (QED) is 0.285. The van der Waals surface area contributed by atoms with Crippen molar-refractivity contribution < 1.29 is 27.5 Å². The summed E-state index contributed by atoms with van der Waals surface area (Å²) in [5, 5.41) is 3.04. The van der Waals surface area contributed by atoms with Crippen LogP contribution < -0.4 is 20.7 Å². The van der Waals surface area contributed by atoms with Crippen molar-refractivity contribution in [2.45, 2.75) is 39.1 Å². The molecule has 1 saturated heterocycles. The summed E-state index contributed by atoms with van der Waals surface area (Å²) < 4.78 is 42.3. The average molecular weight is 574 g/mol. The SMILES string of the molecule is CC(=O)Nc1cnc(-c2cccc(N3CCC(C(=O)N=C(N)c4ccccc4OC(F)(F)F)CC3C)c2)c(Cl)c1. The average Bonchev–Trinajstić information content (AvgIpc) is 2.87. The number of halogens is 4. The van der Waals surface area contributed by atoms with Crippen LogP contribution in [0.3, 0.4) is 0 Å². The number of nitrogens with one attached hydrogen (secondary N) is 1. The van der Waals surface area contributed by atoms with Crippen LogP contribution in [0.25, 0.3) is 11.3 Å². The predicted octanol–water partition coefficient (Wildman–Crippen LogP) is 5.80. The number of hydrogen-bond acceptors (Lipinski definition) is 5. The van der Waals surface area contributed by atoms with Crippen molar-refractivity contribution in [2.75, 3.05) is 16.8 Å². The molecule has 2 heterocycles. The van der Waals surface area contributed by atoms with Gasteiger partial charge in [-0.15, -0.1) is 13.2 Å². The third-order valence-electron chi connectivity index (χ3n) is 6.46. The number of aliphatic imine (C=N–C) groups is 1. The first-order valence-electron chi connectivity index (χ1n) is 12.4. The Morgan fingerprint density at radius 3 is 2.60 bits per heavy atom. The van der Waals surface area contributed by atoms with Crippen LogP contribution in [-0.2, 0) is 9.59 Å². The summed E-state index contributed by atoms with van der Waals surface area (Å²) in [7, 11) is 0.